The zero-order valence-corrected chi connectivity index (χ0v) is 16.0. The maximum absolute atomic E-state index is 13.2. The first-order valence-electron chi connectivity index (χ1n) is 9.83. The van der Waals surface area contributed by atoms with Crippen molar-refractivity contribution in [2.75, 3.05) is 14.2 Å². The first kappa shape index (κ1) is 17.7. The van der Waals surface area contributed by atoms with Crippen LogP contribution in [0.5, 0.6) is 0 Å². The molecule has 4 heteroatoms. The molecule has 0 spiro atoms. The largest absolute Gasteiger partial charge is 0.393 e. The van der Waals surface area contributed by atoms with Crippen LogP contribution in [0, 0.1) is 28.6 Å². The first-order valence-corrected chi connectivity index (χ1v) is 9.83. The van der Waals surface area contributed by atoms with Crippen molar-refractivity contribution in [2.45, 2.75) is 70.7 Å². The van der Waals surface area contributed by atoms with Crippen molar-refractivity contribution in [1.82, 2.24) is 0 Å². The number of carbonyl (C=O) groups excluding carboxylic acids is 1. The van der Waals surface area contributed by atoms with Crippen molar-refractivity contribution in [1.29, 1.82) is 0 Å². The molecule has 140 valence electrons. The third kappa shape index (κ3) is 2.20. The van der Waals surface area contributed by atoms with Crippen molar-refractivity contribution in [3.8, 4) is 0 Å². The molecule has 0 amide bonds. The van der Waals surface area contributed by atoms with Crippen molar-refractivity contribution < 1.29 is 19.4 Å². The Hall–Kier alpha value is -0.710. The van der Waals surface area contributed by atoms with Gasteiger partial charge in [0.15, 0.2) is 5.78 Å². The van der Waals surface area contributed by atoms with Gasteiger partial charge in [0, 0.05) is 26.1 Å². The van der Waals surface area contributed by atoms with Gasteiger partial charge < -0.3 is 14.6 Å². The zero-order valence-electron chi connectivity index (χ0n) is 16.0. The Balaban J connectivity index is 1.70. The number of carbonyl (C=O) groups is 1. The Kier molecular flexibility index (Phi) is 3.99. The molecule has 0 aromatic heterocycles. The topological polar surface area (TPSA) is 55.8 Å². The molecule has 3 saturated carbocycles. The van der Waals surface area contributed by atoms with Gasteiger partial charge in [-0.2, -0.15) is 0 Å². The van der Waals surface area contributed by atoms with E-state index in [-0.39, 0.29) is 22.7 Å². The van der Waals surface area contributed by atoms with E-state index in [1.54, 1.807) is 14.2 Å². The van der Waals surface area contributed by atoms with Gasteiger partial charge in [0.1, 0.15) is 0 Å². The van der Waals surface area contributed by atoms with Crippen molar-refractivity contribution in [2.24, 2.45) is 28.6 Å². The van der Waals surface area contributed by atoms with Gasteiger partial charge in [-0.1, -0.05) is 25.5 Å². The van der Waals surface area contributed by atoms with Gasteiger partial charge in [-0.3, -0.25) is 4.79 Å². The van der Waals surface area contributed by atoms with Crippen LogP contribution in [-0.4, -0.2) is 37.0 Å². The molecule has 0 bridgehead atoms. The molecule has 0 aliphatic heterocycles. The van der Waals surface area contributed by atoms with Gasteiger partial charge in [-0.15, -0.1) is 0 Å². The van der Waals surface area contributed by atoms with Crippen LogP contribution in [0.2, 0.25) is 0 Å². The summed E-state index contributed by atoms with van der Waals surface area (Å²) >= 11 is 0. The Morgan fingerprint density at radius 2 is 1.76 bits per heavy atom. The molecule has 0 radical (unpaired) electrons. The highest BCUT2D eigenvalue weighted by Crippen LogP contribution is 2.65. The van der Waals surface area contributed by atoms with E-state index < -0.39 is 5.79 Å². The molecule has 25 heavy (non-hydrogen) atoms. The number of rotatable bonds is 2. The standard InChI is InChI=1S/C21H32O4/c1-19-9-7-14(22)11-13(19)5-6-15-16(19)8-10-20(2)17(15)12-21(24-3,25-4)18(20)23/h5,14-17,22H,6-12H2,1-4H3. The van der Waals surface area contributed by atoms with E-state index in [9.17, 15) is 9.90 Å². The predicted molar refractivity (Wildman–Crippen MR) is 94.8 cm³/mol. The van der Waals surface area contributed by atoms with Crippen LogP contribution in [0.3, 0.4) is 0 Å². The average molecular weight is 348 g/mol. The molecular weight excluding hydrogens is 316 g/mol. The Morgan fingerprint density at radius 1 is 1.08 bits per heavy atom. The summed E-state index contributed by atoms with van der Waals surface area (Å²) in [6.45, 7) is 4.54. The molecule has 4 aliphatic rings. The maximum atomic E-state index is 13.2. The van der Waals surface area contributed by atoms with Gasteiger partial charge in [-0.25, -0.2) is 0 Å². The lowest BCUT2D eigenvalue weighted by Crippen LogP contribution is -2.51. The lowest BCUT2D eigenvalue weighted by atomic mass is 9.48. The molecule has 3 fully saturated rings. The second kappa shape index (κ2) is 5.64. The molecule has 6 atom stereocenters. The summed E-state index contributed by atoms with van der Waals surface area (Å²) in [5.41, 5.74) is 1.33. The van der Waals surface area contributed by atoms with Crippen molar-refractivity contribution in [3.63, 3.8) is 0 Å². The van der Waals surface area contributed by atoms with Crippen LogP contribution in [0.1, 0.15) is 58.8 Å². The molecule has 0 heterocycles. The van der Waals surface area contributed by atoms with E-state index in [1.165, 1.54) is 5.57 Å². The fraction of sp³-hybridized carbons (Fsp3) is 0.857. The summed E-state index contributed by atoms with van der Waals surface area (Å²) in [5.74, 6) is 0.531. The van der Waals surface area contributed by atoms with Gasteiger partial charge >= 0.3 is 0 Å². The minimum absolute atomic E-state index is 0.146. The highest BCUT2D eigenvalue weighted by atomic mass is 16.7. The van der Waals surface area contributed by atoms with Gasteiger partial charge in [0.25, 0.3) is 0 Å². The van der Waals surface area contributed by atoms with Gasteiger partial charge in [0.05, 0.1) is 6.10 Å². The van der Waals surface area contributed by atoms with E-state index in [1.807, 2.05) is 0 Å². The van der Waals surface area contributed by atoms with Crippen molar-refractivity contribution in [3.05, 3.63) is 11.6 Å². The minimum Gasteiger partial charge on any atom is -0.393 e. The highest BCUT2D eigenvalue weighted by Gasteiger charge is 2.66. The maximum Gasteiger partial charge on any atom is 0.229 e. The number of methoxy groups -OCH3 is 2. The number of allylic oxidation sites excluding steroid dienone is 1. The van der Waals surface area contributed by atoms with Crippen LogP contribution >= 0.6 is 0 Å². The molecule has 4 aliphatic carbocycles. The molecule has 4 nitrogen and oxygen atoms in total. The predicted octanol–water partition coefficient (Wildman–Crippen LogP) is 3.48. The third-order valence-electron chi connectivity index (χ3n) is 8.48. The van der Waals surface area contributed by atoms with Crippen LogP contribution in [0.15, 0.2) is 11.6 Å². The van der Waals surface area contributed by atoms with E-state index in [2.05, 4.69) is 19.9 Å². The van der Waals surface area contributed by atoms with Crippen LogP contribution in [0.4, 0.5) is 0 Å². The lowest BCUT2D eigenvalue weighted by Gasteiger charge is -2.56. The fourth-order valence-corrected chi connectivity index (χ4v) is 6.87. The summed E-state index contributed by atoms with van der Waals surface area (Å²) in [6, 6.07) is 0. The summed E-state index contributed by atoms with van der Waals surface area (Å²) < 4.78 is 11.2. The van der Waals surface area contributed by atoms with E-state index in [0.29, 0.717) is 24.2 Å². The zero-order chi connectivity index (χ0) is 18.0. The van der Waals surface area contributed by atoms with Crippen LogP contribution in [0.25, 0.3) is 0 Å². The molecule has 4 rings (SSSR count). The second-order valence-electron chi connectivity index (χ2n) is 9.31. The van der Waals surface area contributed by atoms with E-state index >= 15 is 0 Å². The third-order valence-corrected chi connectivity index (χ3v) is 8.48. The lowest BCUT2D eigenvalue weighted by molar-refractivity contribution is -0.204. The van der Waals surface area contributed by atoms with Crippen LogP contribution in [-0.2, 0) is 14.3 Å². The van der Waals surface area contributed by atoms with Gasteiger partial charge in [0.2, 0.25) is 5.79 Å². The van der Waals surface area contributed by atoms with E-state index in [4.69, 9.17) is 9.47 Å². The molecule has 6 unspecified atom stereocenters. The summed E-state index contributed by atoms with van der Waals surface area (Å²) in [5, 5.41) is 10.1. The SMILES string of the molecule is COC1(OC)CC2C3CC=C4CC(O)CCC4(C)C3CCC2(C)C1=O. The Morgan fingerprint density at radius 3 is 2.44 bits per heavy atom. The Labute approximate surface area is 151 Å². The quantitative estimate of drug-likeness (QED) is 0.613. The van der Waals surface area contributed by atoms with Gasteiger partial charge in [-0.05, 0) is 61.7 Å². The Bertz CT molecular complexity index is 607. The first-order chi connectivity index (χ1) is 11.8. The fourth-order valence-electron chi connectivity index (χ4n) is 6.87. The molecular formula is C21H32O4. The van der Waals surface area contributed by atoms with Crippen molar-refractivity contribution >= 4 is 5.78 Å². The molecule has 1 N–H and O–H groups in total. The number of aliphatic hydroxyl groups excluding tert-OH is 1. The summed E-state index contributed by atoms with van der Waals surface area (Å²) in [4.78, 5) is 13.2. The summed E-state index contributed by atoms with van der Waals surface area (Å²) in [7, 11) is 3.20. The number of hydrogen-bond donors (Lipinski definition) is 1. The normalized spacial score (nSPS) is 48.4. The minimum atomic E-state index is -1.05. The van der Waals surface area contributed by atoms with Crippen LogP contribution < -0.4 is 0 Å². The number of ether oxygens (including phenoxy) is 2. The molecule has 0 aromatic carbocycles. The monoisotopic (exact) mass is 348 g/mol. The molecule has 0 aromatic rings. The number of fused-ring (bicyclic) bond motifs is 5. The summed E-state index contributed by atoms with van der Waals surface area (Å²) in [6.07, 6.45) is 8.75. The highest BCUT2D eigenvalue weighted by molar-refractivity contribution is 5.94. The number of aliphatic hydroxyl groups is 1. The van der Waals surface area contributed by atoms with E-state index in [0.717, 1.165) is 38.5 Å². The average Bonchev–Trinajstić information content (AvgIpc) is 2.84. The number of ketones is 1. The number of hydrogen-bond acceptors (Lipinski definition) is 4. The second-order valence-corrected chi connectivity index (χ2v) is 9.31. The smallest absolute Gasteiger partial charge is 0.229 e. The molecule has 0 saturated heterocycles. The number of Topliss-reactive ketones (excluding diaryl/α,β-unsaturated/α-hetero) is 1.